The zero-order chi connectivity index (χ0) is 14.2. The van der Waals surface area contributed by atoms with E-state index in [1.54, 1.807) is 16.0 Å². The summed E-state index contributed by atoms with van der Waals surface area (Å²) < 4.78 is 3.86. The molecular weight excluding hydrogens is 302 g/mol. The van der Waals surface area contributed by atoms with Gasteiger partial charge < -0.3 is 0 Å². The van der Waals surface area contributed by atoms with Gasteiger partial charge in [-0.3, -0.25) is 4.79 Å². The molecule has 0 aliphatic heterocycles. The largest absolute Gasteiger partial charge is 0.286 e. The number of aromatic nitrogens is 3. The molecule has 0 aliphatic rings. The van der Waals surface area contributed by atoms with E-state index in [-0.39, 0.29) is 5.78 Å². The van der Waals surface area contributed by atoms with Crippen molar-refractivity contribution in [2.45, 2.75) is 0 Å². The average molecular weight is 311 g/mol. The minimum absolute atomic E-state index is 0.0442. The zero-order valence-corrected chi connectivity index (χ0v) is 12.4. The number of rotatable bonds is 3. The van der Waals surface area contributed by atoms with Gasteiger partial charge in [-0.05, 0) is 29.6 Å². The molecule has 0 fully saturated rings. The van der Waals surface area contributed by atoms with Gasteiger partial charge in [-0.15, -0.1) is 27.8 Å². The lowest BCUT2D eigenvalue weighted by atomic mass is 10.2. The summed E-state index contributed by atoms with van der Waals surface area (Å²) in [6.07, 6.45) is 1.52. The van der Waals surface area contributed by atoms with Gasteiger partial charge in [-0.25, -0.2) is 4.68 Å². The maximum atomic E-state index is 12.7. The van der Waals surface area contributed by atoms with E-state index in [0.29, 0.717) is 5.69 Å². The molecule has 0 spiro atoms. The quantitative estimate of drug-likeness (QED) is 0.541. The van der Waals surface area contributed by atoms with Crippen LogP contribution in [0.25, 0.3) is 15.1 Å². The number of nitrogens with zero attached hydrogens (tertiary/aromatic N) is 3. The highest BCUT2D eigenvalue weighted by Crippen LogP contribution is 2.31. The van der Waals surface area contributed by atoms with Gasteiger partial charge in [0.1, 0.15) is 5.69 Å². The number of carbonyl (C=O) groups is 1. The van der Waals surface area contributed by atoms with Gasteiger partial charge >= 0.3 is 0 Å². The van der Waals surface area contributed by atoms with E-state index in [1.165, 1.54) is 17.5 Å². The molecule has 6 heteroatoms. The van der Waals surface area contributed by atoms with E-state index in [4.69, 9.17) is 0 Å². The molecule has 0 unspecified atom stereocenters. The third-order valence-corrected chi connectivity index (χ3v) is 5.24. The van der Waals surface area contributed by atoms with Crippen molar-refractivity contribution < 1.29 is 4.79 Å². The molecule has 0 bridgehead atoms. The van der Waals surface area contributed by atoms with Crippen LogP contribution in [-0.2, 0) is 0 Å². The first-order valence-corrected chi connectivity index (χ1v) is 8.00. The number of hydrogen-bond donors (Lipinski definition) is 0. The molecule has 21 heavy (non-hydrogen) atoms. The highest BCUT2D eigenvalue weighted by atomic mass is 32.1. The Bertz CT molecular complexity index is 892. The molecule has 0 saturated heterocycles. The average Bonchev–Trinajstić information content (AvgIpc) is 3.22. The molecule has 3 heterocycles. The lowest BCUT2D eigenvalue weighted by Gasteiger charge is -2.03. The minimum Gasteiger partial charge on any atom is -0.286 e. The number of benzene rings is 1. The van der Waals surface area contributed by atoms with Gasteiger partial charge in [0.15, 0.2) is 0 Å². The van der Waals surface area contributed by atoms with Gasteiger partial charge in [-0.2, -0.15) is 0 Å². The Morgan fingerprint density at radius 3 is 2.76 bits per heavy atom. The van der Waals surface area contributed by atoms with Gasteiger partial charge in [0.25, 0.3) is 0 Å². The Hall–Kier alpha value is -2.31. The molecule has 0 N–H and O–H groups in total. The van der Waals surface area contributed by atoms with Gasteiger partial charge in [-0.1, -0.05) is 23.4 Å². The molecule has 0 amide bonds. The molecule has 0 saturated carbocycles. The van der Waals surface area contributed by atoms with E-state index >= 15 is 0 Å². The van der Waals surface area contributed by atoms with Crippen LogP contribution in [0.3, 0.4) is 0 Å². The predicted octanol–water partition coefficient (Wildman–Crippen LogP) is 3.77. The third-order valence-electron chi connectivity index (χ3n) is 3.15. The van der Waals surface area contributed by atoms with Crippen molar-refractivity contribution in [3.63, 3.8) is 0 Å². The number of ketones is 1. The zero-order valence-electron chi connectivity index (χ0n) is 10.8. The molecule has 102 valence electrons. The SMILES string of the molecule is O=C(c1cc2sccc2s1)c1cnnn1-c1ccccc1. The maximum Gasteiger partial charge on any atom is 0.223 e. The van der Waals surface area contributed by atoms with Crippen LogP contribution in [0.4, 0.5) is 0 Å². The van der Waals surface area contributed by atoms with Crippen molar-refractivity contribution in [1.82, 2.24) is 15.0 Å². The van der Waals surface area contributed by atoms with Crippen LogP contribution in [0.15, 0.2) is 54.0 Å². The van der Waals surface area contributed by atoms with E-state index < -0.39 is 0 Å². The van der Waals surface area contributed by atoms with Crippen molar-refractivity contribution in [1.29, 1.82) is 0 Å². The maximum absolute atomic E-state index is 12.7. The summed E-state index contributed by atoms with van der Waals surface area (Å²) in [5, 5.41) is 9.95. The van der Waals surface area contributed by atoms with E-state index in [9.17, 15) is 4.79 Å². The van der Waals surface area contributed by atoms with Crippen LogP contribution >= 0.6 is 22.7 Å². The number of fused-ring (bicyclic) bond motifs is 1. The monoisotopic (exact) mass is 311 g/mol. The fourth-order valence-electron chi connectivity index (χ4n) is 2.15. The highest BCUT2D eigenvalue weighted by molar-refractivity contribution is 7.28. The van der Waals surface area contributed by atoms with Gasteiger partial charge in [0.05, 0.1) is 16.8 Å². The fraction of sp³-hybridized carbons (Fsp3) is 0. The van der Waals surface area contributed by atoms with E-state index in [2.05, 4.69) is 10.3 Å². The lowest BCUT2D eigenvalue weighted by molar-refractivity contribution is 0.103. The van der Waals surface area contributed by atoms with Crippen molar-refractivity contribution in [2.75, 3.05) is 0 Å². The molecule has 4 aromatic rings. The molecular formula is C15H9N3OS2. The highest BCUT2D eigenvalue weighted by Gasteiger charge is 2.19. The second-order valence-electron chi connectivity index (χ2n) is 4.46. The van der Waals surface area contributed by atoms with Crippen molar-refractivity contribution in [2.24, 2.45) is 0 Å². The van der Waals surface area contributed by atoms with Crippen LogP contribution in [0.1, 0.15) is 15.4 Å². The first-order valence-electron chi connectivity index (χ1n) is 6.31. The van der Waals surface area contributed by atoms with Gasteiger partial charge in [0, 0.05) is 9.40 Å². The van der Waals surface area contributed by atoms with Gasteiger partial charge in [0.2, 0.25) is 5.78 Å². The summed E-state index contributed by atoms with van der Waals surface area (Å²) in [5.41, 5.74) is 1.31. The van der Waals surface area contributed by atoms with E-state index in [1.807, 2.05) is 47.8 Å². The lowest BCUT2D eigenvalue weighted by Crippen LogP contribution is -2.08. The topological polar surface area (TPSA) is 47.8 Å². The second-order valence-corrected chi connectivity index (χ2v) is 6.49. The Morgan fingerprint density at radius 1 is 1.10 bits per heavy atom. The van der Waals surface area contributed by atoms with Crippen LogP contribution in [-0.4, -0.2) is 20.8 Å². The molecule has 4 rings (SSSR count). The Balaban J connectivity index is 1.79. The van der Waals surface area contributed by atoms with Crippen LogP contribution in [0.2, 0.25) is 0 Å². The summed E-state index contributed by atoms with van der Waals surface area (Å²) in [7, 11) is 0. The predicted molar refractivity (Wildman–Crippen MR) is 84.5 cm³/mol. The van der Waals surface area contributed by atoms with Crippen molar-refractivity contribution in [3.8, 4) is 5.69 Å². The normalized spacial score (nSPS) is 11.0. The number of hydrogen-bond acceptors (Lipinski definition) is 5. The summed E-state index contributed by atoms with van der Waals surface area (Å²) in [6, 6.07) is 13.5. The molecule has 0 atom stereocenters. The first kappa shape index (κ1) is 12.4. The smallest absolute Gasteiger partial charge is 0.223 e. The summed E-state index contributed by atoms with van der Waals surface area (Å²) in [6.45, 7) is 0. The molecule has 1 aromatic carbocycles. The van der Waals surface area contributed by atoms with Crippen molar-refractivity contribution in [3.05, 3.63) is 64.6 Å². The first-order chi connectivity index (χ1) is 10.3. The number of thiophene rings is 2. The summed E-state index contributed by atoms with van der Waals surface area (Å²) in [4.78, 5) is 13.4. The molecule has 0 aliphatic carbocycles. The molecule has 4 nitrogen and oxygen atoms in total. The number of carbonyl (C=O) groups excluding carboxylic acids is 1. The Morgan fingerprint density at radius 2 is 1.95 bits per heavy atom. The summed E-state index contributed by atoms with van der Waals surface area (Å²) >= 11 is 3.15. The third kappa shape index (κ3) is 2.09. The number of para-hydroxylation sites is 1. The summed E-state index contributed by atoms with van der Waals surface area (Å²) in [5.74, 6) is -0.0442. The molecule has 3 aromatic heterocycles. The minimum atomic E-state index is -0.0442. The van der Waals surface area contributed by atoms with Crippen LogP contribution < -0.4 is 0 Å². The Kier molecular flexibility index (Phi) is 2.90. The van der Waals surface area contributed by atoms with Crippen LogP contribution in [0, 0.1) is 0 Å². The van der Waals surface area contributed by atoms with E-state index in [0.717, 1.165) is 20.0 Å². The fourth-order valence-corrected chi connectivity index (χ4v) is 4.21. The second kappa shape index (κ2) is 4.91. The standard InChI is InChI=1S/C15H9N3OS2/c19-15(14-8-13-12(21-14)6-7-20-13)11-9-16-17-18(11)10-4-2-1-3-5-10/h1-9H. The Labute approximate surface area is 128 Å². The molecule has 0 radical (unpaired) electrons. The van der Waals surface area contributed by atoms with Crippen LogP contribution in [0.5, 0.6) is 0 Å². The van der Waals surface area contributed by atoms with Crippen molar-refractivity contribution >= 4 is 37.9 Å².